The molecule has 2 N–H and O–H groups in total. The summed E-state index contributed by atoms with van der Waals surface area (Å²) in [6, 6.07) is 4.41. The van der Waals surface area contributed by atoms with Crippen molar-refractivity contribution in [3.05, 3.63) is 23.8 Å². The predicted octanol–water partition coefficient (Wildman–Crippen LogP) is 0.552. The van der Waals surface area contributed by atoms with Crippen LogP contribution in [0, 0.1) is 0 Å². The van der Waals surface area contributed by atoms with Crippen molar-refractivity contribution in [3.8, 4) is 0 Å². The lowest BCUT2D eigenvalue weighted by atomic mass is 10.2. The first-order chi connectivity index (χ1) is 13.3. The van der Waals surface area contributed by atoms with Gasteiger partial charge in [-0.25, -0.2) is 13.2 Å². The normalized spacial score (nSPS) is 13.5. The van der Waals surface area contributed by atoms with Crippen molar-refractivity contribution in [1.29, 1.82) is 0 Å². The number of anilines is 1. The van der Waals surface area contributed by atoms with Crippen molar-refractivity contribution in [2.75, 3.05) is 51.3 Å². The van der Waals surface area contributed by atoms with E-state index < -0.39 is 22.0 Å². The molecule has 1 heterocycles. The van der Waals surface area contributed by atoms with E-state index in [4.69, 9.17) is 4.74 Å². The lowest BCUT2D eigenvalue weighted by Crippen LogP contribution is -2.45. The molecule has 0 aliphatic carbocycles. The first kappa shape index (κ1) is 22.1. The van der Waals surface area contributed by atoms with Crippen LogP contribution in [-0.4, -0.2) is 71.1 Å². The van der Waals surface area contributed by atoms with Crippen LogP contribution in [0.1, 0.15) is 19.4 Å². The van der Waals surface area contributed by atoms with Gasteiger partial charge in [0.25, 0.3) is 0 Å². The van der Waals surface area contributed by atoms with Gasteiger partial charge in [-0.1, -0.05) is 13.8 Å². The van der Waals surface area contributed by atoms with Crippen molar-refractivity contribution < 1.29 is 22.7 Å². The van der Waals surface area contributed by atoms with Gasteiger partial charge in [0.1, 0.15) is 0 Å². The molecule has 10 heteroatoms. The number of carbonyl (C=O) groups is 2. The second kappa shape index (κ2) is 9.85. The van der Waals surface area contributed by atoms with Gasteiger partial charge >= 0.3 is 6.03 Å². The fourth-order valence-corrected chi connectivity index (χ4v) is 4.64. The first-order valence-corrected chi connectivity index (χ1v) is 10.7. The average Bonchev–Trinajstić information content (AvgIpc) is 3.04. The smallest absolute Gasteiger partial charge is 0.321 e. The molecule has 1 aromatic rings. The largest absolute Gasteiger partial charge is 0.383 e. The van der Waals surface area contributed by atoms with Gasteiger partial charge in [-0.2, -0.15) is 4.31 Å². The highest BCUT2D eigenvalue weighted by Gasteiger charge is 2.26. The fourth-order valence-electron chi connectivity index (χ4n) is 3.13. The van der Waals surface area contributed by atoms with Crippen molar-refractivity contribution in [2.24, 2.45) is 0 Å². The monoisotopic (exact) mass is 412 g/mol. The summed E-state index contributed by atoms with van der Waals surface area (Å²) in [7, 11) is -2.00. The average molecular weight is 413 g/mol. The number of sulfonamides is 1. The second-order valence-electron chi connectivity index (χ2n) is 6.35. The van der Waals surface area contributed by atoms with E-state index in [-0.39, 0.29) is 11.4 Å². The highest BCUT2D eigenvalue weighted by Crippen LogP contribution is 2.30. The van der Waals surface area contributed by atoms with E-state index in [1.54, 1.807) is 32.0 Å². The number of nitrogens with zero attached hydrogens (tertiary/aromatic N) is 2. The van der Waals surface area contributed by atoms with E-state index in [0.717, 1.165) is 11.3 Å². The quantitative estimate of drug-likeness (QED) is 0.574. The maximum absolute atomic E-state index is 12.7. The van der Waals surface area contributed by atoms with Crippen LogP contribution in [0.4, 0.5) is 10.5 Å². The number of hydrogen-bond acceptors (Lipinski definition) is 6. The molecule has 1 aliphatic rings. The highest BCUT2D eigenvalue weighted by atomic mass is 32.2. The topological polar surface area (TPSA) is 108 Å². The lowest BCUT2D eigenvalue weighted by Gasteiger charge is -2.21. The maximum Gasteiger partial charge on any atom is 0.321 e. The van der Waals surface area contributed by atoms with E-state index in [1.165, 1.54) is 11.4 Å². The molecule has 0 atom stereocenters. The summed E-state index contributed by atoms with van der Waals surface area (Å²) in [5.74, 6) is -0.428. The molecule has 1 aromatic carbocycles. The zero-order valence-electron chi connectivity index (χ0n) is 16.5. The van der Waals surface area contributed by atoms with E-state index in [2.05, 4.69) is 10.6 Å². The molecule has 3 amide bonds. The number of amides is 3. The number of imide groups is 1. The molecule has 0 radical (unpaired) electrons. The SMILES string of the molecule is CCN(CC)S(=O)(=O)c1ccc2c(c1)CCN2CC(=O)NC(=O)NCCOC. The highest BCUT2D eigenvalue weighted by molar-refractivity contribution is 7.89. The Labute approximate surface area is 166 Å². The van der Waals surface area contributed by atoms with Gasteiger partial charge in [-0.15, -0.1) is 0 Å². The third-order valence-corrected chi connectivity index (χ3v) is 6.61. The van der Waals surface area contributed by atoms with Crippen LogP contribution in [0.2, 0.25) is 0 Å². The Morgan fingerprint density at radius 3 is 2.61 bits per heavy atom. The molecule has 0 saturated heterocycles. The van der Waals surface area contributed by atoms with E-state index >= 15 is 0 Å². The number of urea groups is 1. The van der Waals surface area contributed by atoms with Crippen LogP contribution in [0.15, 0.2) is 23.1 Å². The molecular weight excluding hydrogens is 384 g/mol. The Morgan fingerprint density at radius 2 is 1.96 bits per heavy atom. The van der Waals surface area contributed by atoms with Gasteiger partial charge in [0.15, 0.2) is 0 Å². The predicted molar refractivity (Wildman–Crippen MR) is 106 cm³/mol. The summed E-state index contributed by atoms with van der Waals surface area (Å²) in [5, 5.41) is 4.79. The minimum Gasteiger partial charge on any atom is -0.383 e. The minimum absolute atomic E-state index is 0.0207. The van der Waals surface area contributed by atoms with Gasteiger partial charge in [0.05, 0.1) is 18.0 Å². The molecule has 1 aliphatic heterocycles. The summed E-state index contributed by atoms with van der Waals surface area (Å²) in [6.45, 7) is 5.71. The Hall–Kier alpha value is -2.17. The number of carbonyl (C=O) groups excluding carboxylic acids is 2. The third-order valence-electron chi connectivity index (χ3n) is 4.57. The van der Waals surface area contributed by atoms with Crippen LogP contribution in [-0.2, 0) is 26.0 Å². The Bertz CT molecular complexity index is 808. The summed E-state index contributed by atoms with van der Waals surface area (Å²) in [6.07, 6.45) is 0.643. The molecular formula is C18H28N4O5S. The molecule has 0 unspecified atom stereocenters. The Balaban J connectivity index is 2.03. The molecule has 9 nitrogen and oxygen atoms in total. The van der Waals surface area contributed by atoms with Crippen LogP contribution in [0.3, 0.4) is 0 Å². The molecule has 0 spiro atoms. The molecule has 0 aromatic heterocycles. The van der Waals surface area contributed by atoms with E-state index in [9.17, 15) is 18.0 Å². The van der Waals surface area contributed by atoms with Gasteiger partial charge in [0.2, 0.25) is 15.9 Å². The van der Waals surface area contributed by atoms with Gasteiger partial charge < -0.3 is 15.0 Å². The first-order valence-electron chi connectivity index (χ1n) is 9.28. The summed E-state index contributed by atoms with van der Waals surface area (Å²) < 4.78 is 31.6. The van der Waals surface area contributed by atoms with Gasteiger partial charge in [-0.3, -0.25) is 10.1 Å². The molecule has 156 valence electrons. The third kappa shape index (κ3) is 5.21. The second-order valence-corrected chi connectivity index (χ2v) is 8.29. The number of ether oxygens (including phenoxy) is 1. The van der Waals surface area contributed by atoms with Crippen LogP contribution >= 0.6 is 0 Å². The fraction of sp³-hybridized carbons (Fsp3) is 0.556. The zero-order valence-corrected chi connectivity index (χ0v) is 17.3. The van der Waals surface area contributed by atoms with Crippen molar-refractivity contribution >= 4 is 27.6 Å². The Morgan fingerprint density at radius 1 is 1.25 bits per heavy atom. The molecule has 0 fully saturated rings. The lowest BCUT2D eigenvalue weighted by molar-refractivity contribution is -0.118. The van der Waals surface area contributed by atoms with Gasteiger partial charge in [-0.05, 0) is 30.2 Å². The summed E-state index contributed by atoms with van der Waals surface area (Å²) >= 11 is 0. The van der Waals surface area contributed by atoms with Crippen molar-refractivity contribution in [1.82, 2.24) is 14.9 Å². The van der Waals surface area contributed by atoms with Crippen LogP contribution < -0.4 is 15.5 Å². The van der Waals surface area contributed by atoms with Gasteiger partial charge in [0, 0.05) is 39.0 Å². The number of benzene rings is 1. The number of methoxy groups -OCH3 is 1. The number of hydrogen-bond donors (Lipinski definition) is 2. The number of rotatable bonds is 9. The standard InChI is InChI=1S/C18H28N4O5S/c1-4-22(5-2)28(25,26)15-6-7-16-14(12-15)8-10-21(16)13-17(23)20-18(24)19-9-11-27-3/h6-7,12H,4-5,8-11,13H2,1-3H3,(H2,19,20,23,24). The van der Waals surface area contributed by atoms with Crippen molar-refractivity contribution in [3.63, 3.8) is 0 Å². The van der Waals surface area contributed by atoms with Crippen LogP contribution in [0.5, 0.6) is 0 Å². The molecule has 28 heavy (non-hydrogen) atoms. The number of nitrogens with one attached hydrogen (secondary N) is 2. The minimum atomic E-state index is -3.52. The zero-order chi connectivity index (χ0) is 20.7. The molecule has 0 bridgehead atoms. The number of fused-ring (bicyclic) bond motifs is 1. The van der Waals surface area contributed by atoms with Crippen LogP contribution in [0.25, 0.3) is 0 Å². The van der Waals surface area contributed by atoms with E-state index in [1.807, 2.05) is 4.90 Å². The summed E-state index contributed by atoms with van der Waals surface area (Å²) in [4.78, 5) is 25.8. The molecule has 0 saturated carbocycles. The Kier molecular flexibility index (Phi) is 7.78. The maximum atomic E-state index is 12.7. The van der Waals surface area contributed by atoms with E-state index in [0.29, 0.717) is 39.2 Å². The summed E-state index contributed by atoms with van der Waals surface area (Å²) in [5.41, 5.74) is 1.69. The molecule has 2 rings (SSSR count). The van der Waals surface area contributed by atoms with Crippen molar-refractivity contribution in [2.45, 2.75) is 25.2 Å².